The summed E-state index contributed by atoms with van der Waals surface area (Å²) in [6, 6.07) is 27.8. The average Bonchev–Trinajstić information content (AvgIpc) is 2.71. The first-order valence-corrected chi connectivity index (χ1v) is 14.9. The minimum atomic E-state index is -0.572. The summed E-state index contributed by atoms with van der Waals surface area (Å²) in [5.41, 5.74) is 0. The van der Waals surface area contributed by atoms with Gasteiger partial charge < -0.3 is 0 Å². The van der Waals surface area contributed by atoms with Gasteiger partial charge in [0, 0.05) is 30.4 Å². The summed E-state index contributed by atoms with van der Waals surface area (Å²) >= 11 is 5.78. The molecule has 0 unspecified atom stereocenters. The number of thioether (sulfide) groups is 3. The highest BCUT2D eigenvalue weighted by atomic mass is 32.2. The molecule has 0 saturated heterocycles. The maximum Gasteiger partial charge on any atom is 0.00750 e. The Morgan fingerprint density at radius 1 is 0.419 bits per heavy atom. The summed E-state index contributed by atoms with van der Waals surface area (Å²) < 4.78 is 0. The lowest BCUT2D eigenvalue weighted by molar-refractivity contribution is 1.11. The molecular formula is C27H33PS3. The van der Waals surface area contributed by atoms with E-state index in [1.807, 2.05) is 35.3 Å². The second-order valence-electron chi connectivity index (χ2n) is 8.32. The molecule has 0 aliphatic carbocycles. The van der Waals surface area contributed by atoms with Crippen molar-refractivity contribution in [1.82, 2.24) is 0 Å². The van der Waals surface area contributed by atoms with E-state index in [4.69, 9.17) is 0 Å². The molecule has 3 aromatic rings. The SMILES string of the molecule is CC(C)Sc1ccc(P(c2ccc(SC(C)C)cc2)c2ccc(SC(C)C)cc2)cc1. The Hall–Kier alpha value is -0.860. The third-order valence-electron chi connectivity index (χ3n) is 4.40. The molecule has 3 rings (SSSR count). The van der Waals surface area contributed by atoms with E-state index >= 15 is 0 Å². The summed E-state index contributed by atoms with van der Waals surface area (Å²) in [6.07, 6.45) is 0. The van der Waals surface area contributed by atoms with Crippen LogP contribution in [-0.4, -0.2) is 15.7 Å². The number of rotatable bonds is 9. The first-order chi connectivity index (χ1) is 14.8. The van der Waals surface area contributed by atoms with Crippen LogP contribution in [0, 0.1) is 0 Å². The molecule has 0 heterocycles. The second kappa shape index (κ2) is 11.8. The monoisotopic (exact) mass is 484 g/mol. The zero-order valence-corrected chi connectivity index (χ0v) is 22.7. The normalized spacial score (nSPS) is 11.8. The lowest BCUT2D eigenvalue weighted by Gasteiger charge is -2.21. The average molecular weight is 485 g/mol. The van der Waals surface area contributed by atoms with Crippen LogP contribution in [0.25, 0.3) is 0 Å². The van der Waals surface area contributed by atoms with Crippen molar-refractivity contribution in [2.24, 2.45) is 0 Å². The van der Waals surface area contributed by atoms with Crippen molar-refractivity contribution in [2.75, 3.05) is 0 Å². The van der Waals surface area contributed by atoms with Crippen molar-refractivity contribution in [2.45, 2.75) is 72.0 Å². The fourth-order valence-corrected chi connectivity index (χ4v) is 8.03. The van der Waals surface area contributed by atoms with Crippen LogP contribution in [0.1, 0.15) is 41.5 Å². The lowest BCUT2D eigenvalue weighted by Crippen LogP contribution is -2.20. The van der Waals surface area contributed by atoms with Crippen LogP contribution < -0.4 is 15.9 Å². The van der Waals surface area contributed by atoms with Crippen molar-refractivity contribution in [3.8, 4) is 0 Å². The van der Waals surface area contributed by atoms with Gasteiger partial charge in [-0.3, -0.25) is 0 Å². The van der Waals surface area contributed by atoms with Gasteiger partial charge in [-0.05, 0) is 60.2 Å². The van der Waals surface area contributed by atoms with Crippen molar-refractivity contribution < 1.29 is 0 Å². The molecule has 0 bridgehead atoms. The van der Waals surface area contributed by atoms with Gasteiger partial charge in [0.15, 0.2) is 0 Å². The largest absolute Gasteiger partial charge is 0.123 e. The molecule has 164 valence electrons. The van der Waals surface area contributed by atoms with Gasteiger partial charge in [0.2, 0.25) is 0 Å². The fourth-order valence-electron chi connectivity index (χ4n) is 3.29. The maximum atomic E-state index is 2.34. The van der Waals surface area contributed by atoms with Gasteiger partial charge >= 0.3 is 0 Å². The zero-order valence-electron chi connectivity index (χ0n) is 19.3. The molecule has 0 radical (unpaired) electrons. The molecule has 0 nitrogen and oxygen atoms in total. The van der Waals surface area contributed by atoms with E-state index in [0.717, 1.165) is 0 Å². The van der Waals surface area contributed by atoms with E-state index in [2.05, 4.69) is 114 Å². The Morgan fingerprint density at radius 2 is 0.645 bits per heavy atom. The molecule has 0 fully saturated rings. The molecule has 0 saturated carbocycles. The third kappa shape index (κ3) is 7.60. The Balaban J connectivity index is 1.95. The molecule has 0 N–H and O–H groups in total. The molecule has 0 atom stereocenters. The summed E-state index contributed by atoms with van der Waals surface area (Å²) in [6.45, 7) is 13.5. The maximum absolute atomic E-state index is 2.34. The summed E-state index contributed by atoms with van der Waals surface area (Å²) in [5, 5.41) is 6.04. The topological polar surface area (TPSA) is 0 Å². The van der Waals surface area contributed by atoms with E-state index < -0.39 is 7.92 Å². The highest BCUT2D eigenvalue weighted by Crippen LogP contribution is 2.36. The van der Waals surface area contributed by atoms with Gasteiger partial charge in [-0.15, -0.1) is 35.3 Å². The molecule has 4 heteroatoms. The van der Waals surface area contributed by atoms with Gasteiger partial charge in [-0.25, -0.2) is 0 Å². The standard InChI is InChI=1S/C27H33PS3/c1-19(2)29-25-13-7-22(8-14-25)28(23-9-15-26(16-10-23)30-20(3)4)24-11-17-27(18-12-24)31-21(5)6/h7-21H,1-6H3. The van der Waals surface area contributed by atoms with Crippen LogP contribution in [-0.2, 0) is 0 Å². The van der Waals surface area contributed by atoms with Crippen LogP contribution >= 0.6 is 43.2 Å². The zero-order chi connectivity index (χ0) is 22.4. The molecule has 0 aromatic heterocycles. The Kier molecular flexibility index (Phi) is 9.47. The predicted octanol–water partition coefficient (Wildman–Crippen LogP) is 7.95. The van der Waals surface area contributed by atoms with Gasteiger partial charge in [0.25, 0.3) is 0 Å². The van der Waals surface area contributed by atoms with Crippen molar-refractivity contribution in [3.05, 3.63) is 72.8 Å². The summed E-state index contributed by atoms with van der Waals surface area (Å²) in [5.74, 6) is 0. The van der Waals surface area contributed by atoms with E-state index in [1.54, 1.807) is 0 Å². The van der Waals surface area contributed by atoms with Gasteiger partial charge in [-0.1, -0.05) is 77.9 Å². The van der Waals surface area contributed by atoms with Gasteiger partial charge in [-0.2, -0.15) is 0 Å². The quantitative estimate of drug-likeness (QED) is 0.223. The van der Waals surface area contributed by atoms with Crippen molar-refractivity contribution in [1.29, 1.82) is 0 Å². The van der Waals surface area contributed by atoms with Crippen LogP contribution in [0.2, 0.25) is 0 Å². The molecule has 0 spiro atoms. The minimum absolute atomic E-state index is 0.572. The molecule has 0 aliphatic rings. The van der Waals surface area contributed by atoms with Crippen molar-refractivity contribution >= 4 is 59.1 Å². The fraction of sp³-hybridized carbons (Fsp3) is 0.333. The summed E-state index contributed by atoms with van der Waals surface area (Å²) in [7, 11) is -0.572. The Morgan fingerprint density at radius 3 is 0.839 bits per heavy atom. The van der Waals surface area contributed by atoms with E-state index in [9.17, 15) is 0 Å². The van der Waals surface area contributed by atoms with Gasteiger partial charge in [0.05, 0.1) is 0 Å². The first-order valence-electron chi connectivity index (χ1n) is 10.9. The first kappa shape index (κ1) is 24.8. The molecule has 3 aromatic carbocycles. The minimum Gasteiger partial charge on any atom is -0.123 e. The predicted molar refractivity (Wildman–Crippen MR) is 148 cm³/mol. The van der Waals surface area contributed by atoms with E-state index in [0.29, 0.717) is 15.7 Å². The molecule has 0 amide bonds. The lowest BCUT2D eigenvalue weighted by atomic mass is 10.3. The molecular weight excluding hydrogens is 451 g/mol. The smallest absolute Gasteiger partial charge is 0.00750 e. The Bertz CT molecular complexity index is 803. The van der Waals surface area contributed by atoms with Crippen LogP contribution in [0.3, 0.4) is 0 Å². The van der Waals surface area contributed by atoms with Crippen molar-refractivity contribution in [3.63, 3.8) is 0 Å². The highest BCUT2D eigenvalue weighted by Gasteiger charge is 2.17. The van der Waals surface area contributed by atoms with Crippen LogP contribution in [0.15, 0.2) is 87.5 Å². The van der Waals surface area contributed by atoms with Gasteiger partial charge in [0.1, 0.15) is 0 Å². The number of benzene rings is 3. The molecule has 0 aliphatic heterocycles. The molecule has 31 heavy (non-hydrogen) atoms. The van der Waals surface area contributed by atoms with Crippen LogP contribution in [0.4, 0.5) is 0 Å². The van der Waals surface area contributed by atoms with E-state index in [-0.39, 0.29) is 0 Å². The van der Waals surface area contributed by atoms with E-state index in [1.165, 1.54) is 30.6 Å². The summed E-state index contributed by atoms with van der Waals surface area (Å²) in [4.78, 5) is 4.04. The second-order valence-corrected chi connectivity index (χ2v) is 15.5. The highest BCUT2D eigenvalue weighted by molar-refractivity contribution is 8.00. The number of hydrogen-bond donors (Lipinski definition) is 0. The number of hydrogen-bond acceptors (Lipinski definition) is 3. The Labute approximate surface area is 203 Å². The van der Waals surface area contributed by atoms with Crippen LogP contribution in [0.5, 0.6) is 0 Å². The third-order valence-corrected chi connectivity index (χ3v) is 9.89.